The molecule has 0 radical (unpaired) electrons. The zero-order chi connectivity index (χ0) is 12.5. The van der Waals surface area contributed by atoms with Crippen LogP contribution in [0.25, 0.3) is 0 Å². The first-order chi connectivity index (χ1) is 7.94. The largest absolute Gasteiger partial charge is 0.321 e. The Morgan fingerprint density at radius 3 is 2.71 bits per heavy atom. The van der Waals surface area contributed by atoms with Crippen molar-refractivity contribution in [2.24, 2.45) is 17.1 Å². The van der Waals surface area contributed by atoms with E-state index in [1.165, 1.54) is 24.8 Å². The van der Waals surface area contributed by atoms with Gasteiger partial charge in [-0.1, -0.05) is 39.7 Å². The maximum atomic E-state index is 6.77. The molecule has 1 aromatic rings. The zero-order valence-electron chi connectivity index (χ0n) is 11.2. The van der Waals surface area contributed by atoms with Gasteiger partial charge in [-0.3, -0.25) is 4.98 Å². The lowest BCUT2D eigenvalue weighted by molar-refractivity contribution is 0.0776. The molecule has 2 N–H and O–H groups in total. The van der Waals surface area contributed by atoms with Crippen molar-refractivity contribution in [1.29, 1.82) is 0 Å². The second kappa shape index (κ2) is 4.41. The average Bonchev–Trinajstić information content (AvgIpc) is 2.29. The predicted octanol–water partition coefficient (Wildman–Crippen LogP) is 3.47. The van der Waals surface area contributed by atoms with E-state index in [9.17, 15) is 0 Å². The molecule has 2 unspecified atom stereocenters. The lowest BCUT2D eigenvalue weighted by atomic mass is 9.60. The summed E-state index contributed by atoms with van der Waals surface area (Å²) >= 11 is 0. The highest BCUT2D eigenvalue weighted by Crippen LogP contribution is 2.47. The van der Waals surface area contributed by atoms with Gasteiger partial charge in [-0.05, 0) is 35.8 Å². The molecule has 2 heteroatoms. The van der Waals surface area contributed by atoms with Crippen molar-refractivity contribution in [1.82, 2.24) is 4.98 Å². The first-order valence-electron chi connectivity index (χ1n) is 6.64. The standard InChI is InChI=1S/C15H24N2/c1-14(2,3)13-8-4-5-9-15(13,16)12-7-6-10-17-11-12/h6-7,10-11,13H,4-5,8-9,16H2,1-3H3. The van der Waals surface area contributed by atoms with E-state index in [-0.39, 0.29) is 11.0 Å². The van der Waals surface area contributed by atoms with E-state index >= 15 is 0 Å². The molecule has 0 amide bonds. The van der Waals surface area contributed by atoms with Gasteiger partial charge in [0.15, 0.2) is 0 Å². The number of rotatable bonds is 1. The van der Waals surface area contributed by atoms with Crippen LogP contribution in [0.2, 0.25) is 0 Å². The molecule has 2 rings (SSSR count). The van der Waals surface area contributed by atoms with Crippen molar-refractivity contribution in [3.8, 4) is 0 Å². The Morgan fingerprint density at radius 2 is 2.12 bits per heavy atom. The fourth-order valence-corrected chi connectivity index (χ4v) is 3.39. The molecule has 0 aliphatic heterocycles. The van der Waals surface area contributed by atoms with Crippen LogP contribution < -0.4 is 5.73 Å². The quantitative estimate of drug-likeness (QED) is 0.805. The van der Waals surface area contributed by atoms with Gasteiger partial charge in [0.25, 0.3) is 0 Å². The second-order valence-corrected chi connectivity index (χ2v) is 6.45. The van der Waals surface area contributed by atoms with Crippen LogP contribution in [0.3, 0.4) is 0 Å². The summed E-state index contributed by atoms with van der Waals surface area (Å²) in [7, 11) is 0. The van der Waals surface area contributed by atoms with Gasteiger partial charge in [0.05, 0.1) is 0 Å². The lowest BCUT2D eigenvalue weighted by Gasteiger charge is -2.48. The van der Waals surface area contributed by atoms with Gasteiger partial charge in [0.1, 0.15) is 0 Å². The second-order valence-electron chi connectivity index (χ2n) is 6.45. The van der Waals surface area contributed by atoms with Gasteiger partial charge in [0.2, 0.25) is 0 Å². The van der Waals surface area contributed by atoms with Crippen LogP contribution in [-0.2, 0) is 5.54 Å². The number of nitrogens with zero attached hydrogens (tertiary/aromatic N) is 1. The molecule has 0 aromatic carbocycles. The van der Waals surface area contributed by atoms with E-state index < -0.39 is 0 Å². The number of pyridine rings is 1. The Hall–Kier alpha value is -0.890. The van der Waals surface area contributed by atoms with E-state index in [4.69, 9.17) is 5.73 Å². The summed E-state index contributed by atoms with van der Waals surface area (Å²) < 4.78 is 0. The lowest BCUT2D eigenvalue weighted by Crippen LogP contribution is -2.51. The summed E-state index contributed by atoms with van der Waals surface area (Å²) in [6, 6.07) is 4.13. The Labute approximate surface area is 105 Å². The van der Waals surface area contributed by atoms with Gasteiger partial charge in [-0.25, -0.2) is 0 Å². The number of aromatic nitrogens is 1. The van der Waals surface area contributed by atoms with Crippen LogP contribution in [0.15, 0.2) is 24.5 Å². The summed E-state index contributed by atoms with van der Waals surface area (Å²) in [5, 5.41) is 0. The molecule has 1 aromatic heterocycles. The topological polar surface area (TPSA) is 38.9 Å². The van der Waals surface area contributed by atoms with Gasteiger partial charge in [0, 0.05) is 17.9 Å². The van der Waals surface area contributed by atoms with E-state index in [1.807, 2.05) is 18.5 Å². The van der Waals surface area contributed by atoms with Gasteiger partial charge in [-0.15, -0.1) is 0 Å². The molecule has 1 fully saturated rings. The van der Waals surface area contributed by atoms with E-state index in [1.54, 1.807) is 0 Å². The monoisotopic (exact) mass is 232 g/mol. The first kappa shape index (κ1) is 12.6. The fourth-order valence-electron chi connectivity index (χ4n) is 3.39. The minimum atomic E-state index is -0.190. The van der Waals surface area contributed by atoms with Crippen molar-refractivity contribution in [2.45, 2.75) is 52.0 Å². The zero-order valence-corrected chi connectivity index (χ0v) is 11.2. The van der Waals surface area contributed by atoms with E-state index in [0.29, 0.717) is 5.92 Å². The Bertz CT molecular complexity index is 366. The van der Waals surface area contributed by atoms with Crippen LogP contribution in [0, 0.1) is 11.3 Å². The van der Waals surface area contributed by atoms with Crippen molar-refractivity contribution in [3.05, 3.63) is 30.1 Å². The Morgan fingerprint density at radius 1 is 1.35 bits per heavy atom. The molecule has 94 valence electrons. The van der Waals surface area contributed by atoms with Crippen LogP contribution >= 0.6 is 0 Å². The normalized spacial score (nSPS) is 30.2. The average molecular weight is 232 g/mol. The summed E-state index contributed by atoms with van der Waals surface area (Å²) in [5.74, 6) is 0.535. The third kappa shape index (κ3) is 2.37. The van der Waals surface area contributed by atoms with Crippen LogP contribution in [0.4, 0.5) is 0 Å². The third-order valence-electron chi connectivity index (χ3n) is 4.20. The number of nitrogens with two attached hydrogens (primary N) is 1. The molecular weight excluding hydrogens is 208 g/mol. The van der Waals surface area contributed by atoms with Gasteiger partial charge < -0.3 is 5.73 Å². The van der Waals surface area contributed by atoms with Gasteiger partial charge >= 0.3 is 0 Å². The first-order valence-corrected chi connectivity index (χ1v) is 6.64. The smallest absolute Gasteiger partial charge is 0.0458 e. The molecule has 0 spiro atoms. The maximum Gasteiger partial charge on any atom is 0.0458 e. The highest BCUT2D eigenvalue weighted by molar-refractivity contribution is 5.23. The maximum absolute atomic E-state index is 6.77. The SMILES string of the molecule is CC(C)(C)C1CCCCC1(N)c1cccnc1. The van der Waals surface area contributed by atoms with Crippen molar-refractivity contribution in [3.63, 3.8) is 0 Å². The molecule has 17 heavy (non-hydrogen) atoms. The molecule has 2 nitrogen and oxygen atoms in total. The molecule has 1 aliphatic rings. The molecule has 1 saturated carbocycles. The molecular formula is C15H24N2. The highest BCUT2D eigenvalue weighted by Gasteiger charge is 2.44. The number of hydrogen-bond acceptors (Lipinski definition) is 2. The molecule has 1 heterocycles. The minimum Gasteiger partial charge on any atom is -0.321 e. The van der Waals surface area contributed by atoms with Crippen LogP contribution in [-0.4, -0.2) is 4.98 Å². The van der Waals surface area contributed by atoms with E-state index in [0.717, 1.165) is 6.42 Å². The Balaban J connectivity index is 2.38. The van der Waals surface area contributed by atoms with Crippen LogP contribution in [0.5, 0.6) is 0 Å². The predicted molar refractivity (Wildman–Crippen MR) is 71.5 cm³/mol. The fraction of sp³-hybridized carbons (Fsp3) is 0.667. The minimum absolute atomic E-state index is 0.190. The summed E-state index contributed by atoms with van der Waals surface area (Å²) in [6.07, 6.45) is 8.63. The molecule has 1 aliphatic carbocycles. The van der Waals surface area contributed by atoms with Crippen molar-refractivity contribution < 1.29 is 0 Å². The summed E-state index contributed by atoms with van der Waals surface area (Å²) in [4.78, 5) is 4.24. The number of hydrogen-bond donors (Lipinski definition) is 1. The van der Waals surface area contributed by atoms with Crippen molar-refractivity contribution in [2.75, 3.05) is 0 Å². The summed E-state index contributed by atoms with van der Waals surface area (Å²) in [6.45, 7) is 6.92. The molecule has 2 atom stereocenters. The van der Waals surface area contributed by atoms with Gasteiger partial charge in [-0.2, -0.15) is 0 Å². The highest BCUT2D eigenvalue weighted by atomic mass is 14.8. The third-order valence-corrected chi connectivity index (χ3v) is 4.20. The Kier molecular flexibility index (Phi) is 3.26. The van der Waals surface area contributed by atoms with Crippen LogP contribution in [0.1, 0.15) is 52.0 Å². The van der Waals surface area contributed by atoms with Crippen molar-refractivity contribution >= 4 is 0 Å². The van der Waals surface area contributed by atoms with E-state index in [2.05, 4.69) is 31.8 Å². The molecule has 0 bridgehead atoms. The molecule has 0 saturated heterocycles. The summed E-state index contributed by atoms with van der Waals surface area (Å²) in [5.41, 5.74) is 8.04.